The van der Waals surface area contributed by atoms with Gasteiger partial charge in [0, 0.05) is 12.1 Å². The Morgan fingerprint density at radius 3 is 2.40 bits per heavy atom. The molecular formula is C24H20FN3O2. The number of hydrogen-bond acceptors (Lipinski definition) is 3. The Hall–Kier alpha value is -3.80. The van der Waals surface area contributed by atoms with Crippen LogP contribution >= 0.6 is 0 Å². The number of para-hydroxylation sites is 1. The molecule has 0 atom stereocenters. The molecule has 0 bridgehead atoms. The molecule has 0 fully saturated rings. The second-order valence-electron chi connectivity index (χ2n) is 7.18. The van der Waals surface area contributed by atoms with Crippen molar-refractivity contribution in [2.75, 3.05) is 0 Å². The maximum absolute atomic E-state index is 13.3. The topological polar surface area (TPSA) is 66.1 Å². The predicted molar refractivity (Wildman–Crippen MR) is 114 cm³/mol. The Balaban J connectivity index is 1.69. The van der Waals surface area contributed by atoms with E-state index in [9.17, 15) is 14.0 Å². The van der Waals surface area contributed by atoms with Gasteiger partial charge in [0.05, 0.1) is 17.4 Å². The third-order valence-corrected chi connectivity index (χ3v) is 4.87. The molecular weight excluding hydrogens is 381 g/mol. The quantitative estimate of drug-likeness (QED) is 0.545. The number of benzene rings is 3. The van der Waals surface area contributed by atoms with Crippen LogP contribution in [0.3, 0.4) is 0 Å². The SMILES string of the molecule is Cc1ccc(C(=O)N(Cc2ccc(F)cc2)Cc2nc3ccccc3c(=O)[nH]2)cc1. The van der Waals surface area contributed by atoms with Gasteiger partial charge in [0.25, 0.3) is 11.5 Å². The number of carbonyl (C=O) groups excluding carboxylic acids is 1. The maximum Gasteiger partial charge on any atom is 0.258 e. The minimum atomic E-state index is -0.337. The number of aromatic amines is 1. The summed E-state index contributed by atoms with van der Waals surface area (Å²) in [6, 6.07) is 20.4. The highest BCUT2D eigenvalue weighted by Crippen LogP contribution is 2.15. The van der Waals surface area contributed by atoms with Gasteiger partial charge in [0.2, 0.25) is 0 Å². The van der Waals surface area contributed by atoms with E-state index in [4.69, 9.17) is 0 Å². The first kappa shape index (κ1) is 19.5. The van der Waals surface area contributed by atoms with Gasteiger partial charge < -0.3 is 9.88 Å². The molecule has 1 aromatic heterocycles. The number of halogens is 1. The zero-order chi connectivity index (χ0) is 21.1. The van der Waals surface area contributed by atoms with Crippen molar-refractivity contribution in [3.63, 3.8) is 0 Å². The van der Waals surface area contributed by atoms with Crippen molar-refractivity contribution in [2.24, 2.45) is 0 Å². The van der Waals surface area contributed by atoms with Crippen molar-refractivity contribution < 1.29 is 9.18 Å². The first-order chi connectivity index (χ1) is 14.5. The molecule has 150 valence electrons. The number of carbonyl (C=O) groups is 1. The van der Waals surface area contributed by atoms with Gasteiger partial charge in [-0.15, -0.1) is 0 Å². The summed E-state index contributed by atoms with van der Waals surface area (Å²) < 4.78 is 13.3. The number of rotatable bonds is 5. The number of amides is 1. The largest absolute Gasteiger partial charge is 0.327 e. The van der Waals surface area contributed by atoms with Gasteiger partial charge >= 0.3 is 0 Å². The number of fused-ring (bicyclic) bond motifs is 1. The summed E-state index contributed by atoms with van der Waals surface area (Å²) >= 11 is 0. The Morgan fingerprint density at radius 1 is 0.967 bits per heavy atom. The van der Waals surface area contributed by atoms with E-state index < -0.39 is 0 Å². The highest BCUT2D eigenvalue weighted by molar-refractivity contribution is 5.94. The summed E-state index contributed by atoms with van der Waals surface area (Å²) in [4.78, 5) is 34.5. The summed E-state index contributed by atoms with van der Waals surface area (Å²) in [5.41, 5.74) is 2.68. The van der Waals surface area contributed by atoms with E-state index in [0.717, 1.165) is 11.1 Å². The molecule has 0 unspecified atom stereocenters. The molecule has 4 aromatic rings. The standard InChI is InChI=1S/C24H20FN3O2/c1-16-6-10-18(11-7-16)24(30)28(14-17-8-12-19(25)13-9-17)15-22-26-21-5-3-2-4-20(21)23(29)27-22/h2-13H,14-15H2,1H3,(H,26,27,29). The first-order valence-electron chi connectivity index (χ1n) is 9.58. The van der Waals surface area contributed by atoms with Crippen LogP contribution in [0.4, 0.5) is 4.39 Å². The Bertz CT molecular complexity index is 1250. The van der Waals surface area contributed by atoms with E-state index in [-0.39, 0.29) is 30.4 Å². The van der Waals surface area contributed by atoms with Crippen LogP contribution < -0.4 is 5.56 Å². The summed E-state index contributed by atoms with van der Waals surface area (Å²) in [5.74, 6) is -0.146. The second kappa shape index (κ2) is 8.29. The van der Waals surface area contributed by atoms with E-state index in [1.54, 1.807) is 47.4 Å². The number of nitrogens with zero attached hydrogens (tertiary/aromatic N) is 2. The second-order valence-corrected chi connectivity index (χ2v) is 7.18. The van der Waals surface area contributed by atoms with Crippen LogP contribution in [0.25, 0.3) is 10.9 Å². The molecule has 1 amide bonds. The van der Waals surface area contributed by atoms with Gasteiger partial charge in [0.1, 0.15) is 11.6 Å². The Morgan fingerprint density at radius 2 is 1.67 bits per heavy atom. The van der Waals surface area contributed by atoms with Crippen molar-refractivity contribution in [1.29, 1.82) is 0 Å². The molecule has 0 aliphatic rings. The van der Waals surface area contributed by atoms with Crippen molar-refractivity contribution in [3.8, 4) is 0 Å². The summed E-state index contributed by atoms with van der Waals surface area (Å²) in [6.45, 7) is 2.32. The lowest BCUT2D eigenvalue weighted by molar-refractivity contribution is 0.0725. The summed E-state index contributed by atoms with van der Waals surface area (Å²) in [5, 5.41) is 0.496. The highest BCUT2D eigenvalue weighted by Gasteiger charge is 2.18. The molecule has 4 rings (SSSR count). The van der Waals surface area contributed by atoms with Crippen molar-refractivity contribution >= 4 is 16.8 Å². The molecule has 30 heavy (non-hydrogen) atoms. The fourth-order valence-electron chi connectivity index (χ4n) is 3.28. The average molecular weight is 401 g/mol. The molecule has 6 heteroatoms. The number of H-pyrrole nitrogens is 1. The van der Waals surface area contributed by atoms with Crippen LogP contribution in [0.15, 0.2) is 77.6 Å². The molecule has 0 spiro atoms. The zero-order valence-corrected chi connectivity index (χ0v) is 16.4. The van der Waals surface area contributed by atoms with Crippen molar-refractivity contribution in [2.45, 2.75) is 20.0 Å². The highest BCUT2D eigenvalue weighted by atomic mass is 19.1. The summed E-state index contributed by atoms with van der Waals surface area (Å²) in [6.07, 6.45) is 0. The molecule has 0 saturated carbocycles. The van der Waals surface area contributed by atoms with Crippen molar-refractivity contribution in [1.82, 2.24) is 14.9 Å². The van der Waals surface area contributed by atoms with Crippen molar-refractivity contribution in [3.05, 3.63) is 111 Å². The minimum Gasteiger partial charge on any atom is -0.327 e. The molecule has 1 heterocycles. The molecule has 0 radical (unpaired) electrons. The molecule has 3 aromatic carbocycles. The van der Waals surface area contributed by atoms with E-state index in [1.807, 2.05) is 25.1 Å². The monoisotopic (exact) mass is 401 g/mol. The molecule has 0 aliphatic carbocycles. The Labute approximate surface area is 172 Å². The van der Waals surface area contributed by atoms with Crippen LogP contribution in [-0.2, 0) is 13.1 Å². The fourth-order valence-corrected chi connectivity index (χ4v) is 3.28. The van der Waals surface area contributed by atoms with Crippen LogP contribution in [0.1, 0.15) is 27.3 Å². The average Bonchev–Trinajstić information content (AvgIpc) is 2.75. The minimum absolute atomic E-state index is 0.115. The number of aromatic nitrogens is 2. The maximum atomic E-state index is 13.3. The normalized spacial score (nSPS) is 10.9. The van der Waals surface area contributed by atoms with Gasteiger partial charge in [-0.2, -0.15) is 0 Å². The van der Waals surface area contributed by atoms with Gasteiger partial charge in [0.15, 0.2) is 0 Å². The third-order valence-electron chi connectivity index (χ3n) is 4.87. The zero-order valence-electron chi connectivity index (χ0n) is 16.4. The van der Waals surface area contributed by atoms with Gasteiger partial charge in [-0.3, -0.25) is 9.59 Å². The Kier molecular flexibility index (Phi) is 5.39. The van der Waals surface area contributed by atoms with E-state index in [1.165, 1.54) is 12.1 Å². The molecule has 0 aliphatic heterocycles. The summed E-state index contributed by atoms with van der Waals surface area (Å²) in [7, 11) is 0. The molecule has 1 N–H and O–H groups in total. The molecule has 5 nitrogen and oxygen atoms in total. The van der Waals surface area contributed by atoms with Crippen LogP contribution in [0.2, 0.25) is 0 Å². The lowest BCUT2D eigenvalue weighted by Crippen LogP contribution is -2.31. The van der Waals surface area contributed by atoms with Gasteiger partial charge in [-0.25, -0.2) is 9.37 Å². The van der Waals surface area contributed by atoms with E-state index in [0.29, 0.717) is 22.3 Å². The third kappa shape index (κ3) is 4.27. The van der Waals surface area contributed by atoms with Crippen LogP contribution in [-0.4, -0.2) is 20.8 Å². The number of hydrogen-bond donors (Lipinski definition) is 1. The van der Waals surface area contributed by atoms with Gasteiger partial charge in [-0.05, 0) is 48.9 Å². The predicted octanol–water partition coefficient (Wildman–Crippen LogP) is 4.21. The molecule has 0 saturated heterocycles. The van der Waals surface area contributed by atoms with Crippen LogP contribution in [0, 0.1) is 12.7 Å². The van der Waals surface area contributed by atoms with Crippen LogP contribution in [0.5, 0.6) is 0 Å². The fraction of sp³-hybridized carbons (Fsp3) is 0.125. The number of nitrogens with one attached hydrogen (secondary N) is 1. The van der Waals surface area contributed by atoms with Gasteiger partial charge in [-0.1, -0.05) is 42.0 Å². The lowest BCUT2D eigenvalue weighted by atomic mass is 10.1. The first-order valence-corrected chi connectivity index (χ1v) is 9.58. The van der Waals surface area contributed by atoms with E-state index in [2.05, 4.69) is 9.97 Å². The number of aryl methyl sites for hydroxylation is 1. The van der Waals surface area contributed by atoms with E-state index >= 15 is 0 Å². The lowest BCUT2D eigenvalue weighted by Gasteiger charge is -2.23. The smallest absolute Gasteiger partial charge is 0.258 e.